The van der Waals surface area contributed by atoms with E-state index in [0.717, 1.165) is 25.6 Å². The summed E-state index contributed by atoms with van der Waals surface area (Å²) < 4.78 is 5.33. The van der Waals surface area contributed by atoms with Gasteiger partial charge >= 0.3 is 0 Å². The molecule has 0 aromatic carbocycles. The third-order valence-electron chi connectivity index (χ3n) is 2.96. The van der Waals surface area contributed by atoms with E-state index in [2.05, 4.69) is 41.1 Å². The molecule has 1 saturated heterocycles. The summed E-state index contributed by atoms with van der Waals surface area (Å²) in [4.78, 5) is 6.64. The molecule has 0 spiro atoms. The van der Waals surface area contributed by atoms with Crippen LogP contribution < -0.4 is 10.2 Å². The van der Waals surface area contributed by atoms with Gasteiger partial charge < -0.3 is 14.7 Å². The van der Waals surface area contributed by atoms with Crippen molar-refractivity contribution in [1.82, 2.24) is 15.5 Å². The third kappa shape index (κ3) is 2.19. The van der Waals surface area contributed by atoms with Gasteiger partial charge in [-0.15, -0.1) is 0 Å². The van der Waals surface area contributed by atoms with Crippen LogP contribution in [-0.2, 0) is 5.54 Å². The molecule has 5 heteroatoms. The van der Waals surface area contributed by atoms with Crippen molar-refractivity contribution in [3.05, 3.63) is 5.89 Å². The summed E-state index contributed by atoms with van der Waals surface area (Å²) >= 11 is 0. The van der Waals surface area contributed by atoms with Gasteiger partial charge in [-0.3, -0.25) is 0 Å². The molecule has 0 radical (unpaired) electrons. The fraction of sp³-hybridized carbons (Fsp3) is 0.818. The number of aromatic nitrogens is 2. The topological polar surface area (TPSA) is 54.2 Å². The third-order valence-corrected chi connectivity index (χ3v) is 2.96. The van der Waals surface area contributed by atoms with E-state index in [9.17, 15) is 0 Å². The predicted octanol–water partition coefficient (Wildman–Crippen LogP) is 1.51. The summed E-state index contributed by atoms with van der Waals surface area (Å²) in [6, 6.07) is 0. The molecule has 0 aliphatic carbocycles. The Labute approximate surface area is 96.2 Å². The lowest BCUT2D eigenvalue weighted by atomic mass is 10.1. The molecule has 1 aromatic rings. The minimum absolute atomic E-state index is 0.250. The first-order chi connectivity index (χ1) is 7.63. The van der Waals surface area contributed by atoms with Crippen molar-refractivity contribution < 1.29 is 4.52 Å². The van der Waals surface area contributed by atoms with Gasteiger partial charge in [-0.2, -0.15) is 4.98 Å². The number of nitrogens with one attached hydrogen (secondary N) is 1. The van der Waals surface area contributed by atoms with Crippen LogP contribution in [0.15, 0.2) is 4.52 Å². The van der Waals surface area contributed by atoms with E-state index in [1.807, 2.05) is 0 Å². The summed E-state index contributed by atoms with van der Waals surface area (Å²) in [5.41, 5.74) is -0.250. The predicted molar refractivity (Wildman–Crippen MR) is 62.4 cm³/mol. The van der Waals surface area contributed by atoms with Gasteiger partial charge in [0.2, 0.25) is 5.89 Å². The molecule has 1 aliphatic rings. The van der Waals surface area contributed by atoms with Gasteiger partial charge in [0.05, 0.1) is 5.54 Å². The Morgan fingerprint density at radius 3 is 2.69 bits per heavy atom. The van der Waals surface area contributed by atoms with Crippen molar-refractivity contribution in [1.29, 1.82) is 0 Å². The van der Waals surface area contributed by atoms with Gasteiger partial charge in [-0.05, 0) is 38.4 Å². The first-order valence-electron chi connectivity index (χ1n) is 5.97. The van der Waals surface area contributed by atoms with Crippen LogP contribution in [0.5, 0.6) is 0 Å². The lowest BCUT2D eigenvalue weighted by Gasteiger charge is -2.20. The average molecular weight is 224 g/mol. The minimum Gasteiger partial charge on any atom is -0.338 e. The Hall–Kier alpha value is -1.10. The molecule has 0 atom stereocenters. The standard InChI is InChI=1S/C11H20N4O/c1-4-12-11(2,3)9-13-10(14-16-9)15-7-5-6-8-15/h12H,4-8H2,1-3H3. The molecule has 0 saturated carbocycles. The molecule has 90 valence electrons. The number of rotatable bonds is 4. The molecule has 2 heterocycles. The zero-order valence-electron chi connectivity index (χ0n) is 10.3. The minimum atomic E-state index is -0.250. The van der Waals surface area contributed by atoms with E-state index in [1.165, 1.54) is 12.8 Å². The van der Waals surface area contributed by atoms with Gasteiger partial charge in [0.15, 0.2) is 0 Å². The molecular weight excluding hydrogens is 204 g/mol. The van der Waals surface area contributed by atoms with Crippen LogP contribution in [0, 0.1) is 0 Å². The second-order valence-electron chi connectivity index (χ2n) is 4.75. The Morgan fingerprint density at radius 2 is 2.06 bits per heavy atom. The Kier molecular flexibility index (Phi) is 3.14. The van der Waals surface area contributed by atoms with Crippen LogP contribution in [0.3, 0.4) is 0 Å². The number of nitrogens with zero attached hydrogens (tertiary/aromatic N) is 3. The normalized spacial score (nSPS) is 17.1. The molecule has 1 N–H and O–H groups in total. The van der Waals surface area contributed by atoms with Gasteiger partial charge in [-0.25, -0.2) is 0 Å². The monoisotopic (exact) mass is 224 g/mol. The Balaban J connectivity index is 2.12. The Bertz CT molecular complexity index is 342. The number of hydrogen-bond acceptors (Lipinski definition) is 5. The van der Waals surface area contributed by atoms with E-state index < -0.39 is 0 Å². The molecule has 0 bridgehead atoms. The van der Waals surface area contributed by atoms with Crippen LogP contribution in [0.2, 0.25) is 0 Å². The summed E-state index contributed by atoms with van der Waals surface area (Å²) in [5.74, 6) is 1.40. The maximum Gasteiger partial charge on any atom is 0.266 e. The highest BCUT2D eigenvalue weighted by Gasteiger charge is 2.28. The van der Waals surface area contributed by atoms with Gasteiger partial charge in [-0.1, -0.05) is 6.92 Å². The van der Waals surface area contributed by atoms with Crippen molar-refractivity contribution in [2.24, 2.45) is 0 Å². The van der Waals surface area contributed by atoms with Gasteiger partial charge in [0.1, 0.15) is 0 Å². The molecule has 5 nitrogen and oxygen atoms in total. The second-order valence-corrected chi connectivity index (χ2v) is 4.75. The van der Waals surface area contributed by atoms with Crippen LogP contribution in [0.4, 0.5) is 5.95 Å². The highest BCUT2D eigenvalue weighted by Crippen LogP contribution is 2.22. The lowest BCUT2D eigenvalue weighted by Crippen LogP contribution is -2.36. The average Bonchev–Trinajstić information content (AvgIpc) is 2.89. The van der Waals surface area contributed by atoms with E-state index in [1.54, 1.807) is 0 Å². The molecule has 1 aliphatic heterocycles. The van der Waals surface area contributed by atoms with Crippen LogP contribution in [0.1, 0.15) is 39.5 Å². The van der Waals surface area contributed by atoms with Crippen molar-refractivity contribution in [3.8, 4) is 0 Å². The molecule has 0 unspecified atom stereocenters. The quantitative estimate of drug-likeness (QED) is 0.840. The molecule has 0 amide bonds. The zero-order valence-corrected chi connectivity index (χ0v) is 10.3. The molecular formula is C11H20N4O. The van der Waals surface area contributed by atoms with Gasteiger partial charge in [0.25, 0.3) is 5.95 Å². The van der Waals surface area contributed by atoms with E-state index in [4.69, 9.17) is 4.52 Å². The van der Waals surface area contributed by atoms with Gasteiger partial charge in [0, 0.05) is 13.1 Å². The number of hydrogen-bond donors (Lipinski definition) is 1. The largest absolute Gasteiger partial charge is 0.338 e. The number of anilines is 1. The van der Waals surface area contributed by atoms with Crippen LogP contribution in [-0.4, -0.2) is 29.8 Å². The van der Waals surface area contributed by atoms with E-state index in [-0.39, 0.29) is 5.54 Å². The maximum absolute atomic E-state index is 5.33. The van der Waals surface area contributed by atoms with Crippen molar-refractivity contribution in [3.63, 3.8) is 0 Å². The fourth-order valence-electron chi connectivity index (χ4n) is 2.03. The highest BCUT2D eigenvalue weighted by atomic mass is 16.5. The molecule has 16 heavy (non-hydrogen) atoms. The maximum atomic E-state index is 5.33. The molecule has 1 aromatic heterocycles. The first kappa shape index (κ1) is 11.4. The zero-order chi connectivity index (χ0) is 11.6. The first-order valence-corrected chi connectivity index (χ1v) is 5.97. The van der Waals surface area contributed by atoms with E-state index >= 15 is 0 Å². The summed E-state index contributed by atoms with van der Waals surface area (Å²) in [6.07, 6.45) is 2.45. The van der Waals surface area contributed by atoms with Crippen molar-refractivity contribution >= 4 is 5.95 Å². The molecule has 2 rings (SSSR count). The van der Waals surface area contributed by atoms with Crippen molar-refractivity contribution in [2.75, 3.05) is 24.5 Å². The second kappa shape index (κ2) is 4.41. The SMILES string of the molecule is CCNC(C)(C)c1nc(N2CCCC2)no1. The summed E-state index contributed by atoms with van der Waals surface area (Å²) in [7, 11) is 0. The Morgan fingerprint density at radius 1 is 1.38 bits per heavy atom. The van der Waals surface area contributed by atoms with E-state index in [0.29, 0.717) is 5.89 Å². The van der Waals surface area contributed by atoms with Crippen LogP contribution in [0.25, 0.3) is 0 Å². The molecule has 1 fully saturated rings. The smallest absolute Gasteiger partial charge is 0.266 e. The highest BCUT2D eigenvalue weighted by molar-refractivity contribution is 5.29. The summed E-state index contributed by atoms with van der Waals surface area (Å²) in [5, 5.41) is 7.37. The summed E-state index contributed by atoms with van der Waals surface area (Å²) in [6.45, 7) is 9.14. The lowest BCUT2D eigenvalue weighted by molar-refractivity contribution is 0.271. The van der Waals surface area contributed by atoms with Crippen molar-refractivity contribution in [2.45, 2.75) is 39.2 Å². The fourth-order valence-corrected chi connectivity index (χ4v) is 2.03. The van der Waals surface area contributed by atoms with Crippen LogP contribution >= 0.6 is 0 Å².